The zero-order valence-corrected chi connectivity index (χ0v) is 9.35. The van der Waals surface area contributed by atoms with Crippen molar-refractivity contribution in [2.24, 2.45) is 0 Å². The molecule has 0 spiro atoms. The number of nitrogens with zero attached hydrogens (tertiary/aromatic N) is 3. The van der Waals surface area contributed by atoms with Crippen LogP contribution in [0, 0.1) is 6.92 Å². The Balaban J connectivity index is 2.72. The average Bonchev–Trinajstić information content (AvgIpc) is 2.54. The Morgan fingerprint density at radius 2 is 2.00 bits per heavy atom. The minimum Gasteiger partial charge on any atom is -0.279 e. The molecule has 0 amide bonds. The van der Waals surface area contributed by atoms with E-state index in [9.17, 15) is 13.2 Å². The molecule has 0 atom stereocenters. The Morgan fingerprint density at radius 1 is 1.31 bits per heavy atom. The largest absolute Gasteiger partial charge is 0.433 e. The van der Waals surface area contributed by atoms with Crippen molar-refractivity contribution >= 4 is 17.4 Å². The van der Waals surface area contributed by atoms with E-state index < -0.39 is 11.9 Å². The van der Waals surface area contributed by atoms with E-state index in [1.807, 2.05) is 0 Å². The van der Waals surface area contributed by atoms with Crippen molar-refractivity contribution in [2.75, 3.05) is 6.26 Å². The SMILES string of the molecule is CSc1nc(C(F)(F)F)cc2nc(C)cn12. The van der Waals surface area contributed by atoms with Crippen LogP contribution in [-0.4, -0.2) is 20.6 Å². The molecule has 0 unspecified atom stereocenters. The summed E-state index contributed by atoms with van der Waals surface area (Å²) >= 11 is 1.15. The number of hydrogen-bond acceptors (Lipinski definition) is 3. The third-order valence-corrected chi connectivity index (χ3v) is 2.67. The molecule has 0 aromatic carbocycles. The summed E-state index contributed by atoms with van der Waals surface area (Å²) in [6.07, 6.45) is -1.10. The average molecular weight is 247 g/mol. The maximum Gasteiger partial charge on any atom is 0.433 e. The van der Waals surface area contributed by atoms with Crippen LogP contribution in [0.25, 0.3) is 5.65 Å². The van der Waals surface area contributed by atoms with Gasteiger partial charge in [0, 0.05) is 12.3 Å². The van der Waals surface area contributed by atoms with E-state index in [4.69, 9.17) is 0 Å². The first-order valence-corrected chi connectivity index (χ1v) is 5.62. The van der Waals surface area contributed by atoms with E-state index in [1.54, 1.807) is 23.8 Å². The number of rotatable bonds is 1. The van der Waals surface area contributed by atoms with Gasteiger partial charge in [0.25, 0.3) is 0 Å². The lowest BCUT2D eigenvalue weighted by Gasteiger charge is -2.08. The van der Waals surface area contributed by atoms with Crippen LogP contribution in [0.3, 0.4) is 0 Å². The lowest BCUT2D eigenvalue weighted by molar-refractivity contribution is -0.141. The van der Waals surface area contributed by atoms with Crippen LogP contribution in [0.2, 0.25) is 0 Å². The van der Waals surface area contributed by atoms with E-state index in [2.05, 4.69) is 9.97 Å². The second-order valence-corrected chi connectivity index (χ2v) is 4.01. The van der Waals surface area contributed by atoms with E-state index in [0.717, 1.165) is 17.8 Å². The van der Waals surface area contributed by atoms with Crippen LogP contribution >= 0.6 is 11.8 Å². The monoisotopic (exact) mass is 247 g/mol. The van der Waals surface area contributed by atoms with Gasteiger partial charge in [-0.15, -0.1) is 0 Å². The fraction of sp³-hybridized carbons (Fsp3) is 0.333. The molecule has 0 radical (unpaired) electrons. The molecule has 2 aromatic heterocycles. The second kappa shape index (κ2) is 3.65. The Kier molecular flexibility index (Phi) is 2.57. The minimum atomic E-state index is -4.44. The molecule has 16 heavy (non-hydrogen) atoms. The van der Waals surface area contributed by atoms with Crippen molar-refractivity contribution in [1.29, 1.82) is 0 Å². The van der Waals surface area contributed by atoms with Gasteiger partial charge in [-0.2, -0.15) is 13.2 Å². The number of fused-ring (bicyclic) bond motifs is 1. The third kappa shape index (κ3) is 1.87. The first kappa shape index (κ1) is 11.3. The van der Waals surface area contributed by atoms with Crippen LogP contribution in [0.1, 0.15) is 11.4 Å². The van der Waals surface area contributed by atoms with Gasteiger partial charge in [-0.25, -0.2) is 9.97 Å². The molecule has 0 aliphatic carbocycles. The molecule has 0 saturated carbocycles. The highest BCUT2D eigenvalue weighted by molar-refractivity contribution is 7.98. The molecule has 0 N–H and O–H groups in total. The van der Waals surface area contributed by atoms with Gasteiger partial charge in [-0.3, -0.25) is 4.40 Å². The minimum absolute atomic E-state index is 0.268. The highest BCUT2D eigenvalue weighted by Crippen LogP contribution is 2.30. The summed E-state index contributed by atoms with van der Waals surface area (Å²) in [6, 6.07) is 0.951. The number of halogens is 3. The fourth-order valence-corrected chi connectivity index (χ4v) is 1.90. The maximum atomic E-state index is 12.5. The maximum absolute atomic E-state index is 12.5. The standard InChI is InChI=1S/C9H8F3N3S/c1-5-4-15-7(13-5)3-6(9(10,11)12)14-8(15)16-2/h3-4H,1-2H3. The molecule has 86 valence electrons. The Hall–Kier alpha value is -1.24. The molecule has 2 rings (SSSR count). The predicted molar refractivity (Wildman–Crippen MR) is 54.5 cm³/mol. The molecule has 2 heterocycles. The van der Waals surface area contributed by atoms with Crippen molar-refractivity contribution < 1.29 is 13.2 Å². The highest BCUT2D eigenvalue weighted by atomic mass is 32.2. The van der Waals surface area contributed by atoms with Crippen LogP contribution in [-0.2, 0) is 6.18 Å². The summed E-state index contributed by atoms with van der Waals surface area (Å²) in [5.74, 6) is 0. The summed E-state index contributed by atoms with van der Waals surface area (Å²) < 4.78 is 39.1. The normalized spacial score (nSPS) is 12.3. The lowest BCUT2D eigenvalue weighted by atomic mass is 10.4. The van der Waals surface area contributed by atoms with Crippen molar-refractivity contribution in [2.45, 2.75) is 18.3 Å². The number of alkyl halides is 3. The smallest absolute Gasteiger partial charge is 0.279 e. The van der Waals surface area contributed by atoms with E-state index >= 15 is 0 Å². The molecule has 3 nitrogen and oxygen atoms in total. The van der Waals surface area contributed by atoms with Gasteiger partial charge in [-0.05, 0) is 13.2 Å². The number of aryl methyl sites for hydroxylation is 1. The summed E-state index contributed by atoms with van der Waals surface area (Å²) in [5, 5.41) is 0.283. The van der Waals surface area contributed by atoms with Gasteiger partial charge >= 0.3 is 6.18 Å². The highest BCUT2D eigenvalue weighted by Gasteiger charge is 2.33. The van der Waals surface area contributed by atoms with Gasteiger partial charge in [0.15, 0.2) is 10.9 Å². The van der Waals surface area contributed by atoms with Gasteiger partial charge in [-0.1, -0.05) is 11.8 Å². The Labute approximate surface area is 93.7 Å². The quantitative estimate of drug-likeness (QED) is 0.573. The number of hydrogen-bond donors (Lipinski definition) is 0. The number of thioether (sulfide) groups is 1. The first-order chi connectivity index (χ1) is 7.41. The second-order valence-electron chi connectivity index (χ2n) is 3.24. The van der Waals surface area contributed by atoms with Gasteiger partial charge in [0.2, 0.25) is 0 Å². The predicted octanol–water partition coefficient (Wildman–Crippen LogP) is 2.78. The first-order valence-electron chi connectivity index (χ1n) is 4.40. The fourth-order valence-electron chi connectivity index (χ4n) is 1.37. The molecule has 0 bridgehead atoms. The zero-order valence-electron chi connectivity index (χ0n) is 8.54. The molecular formula is C9H8F3N3S. The molecule has 0 aliphatic rings. The van der Waals surface area contributed by atoms with Crippen molar-refractivity contribution in [1.82, 2.24) is 14.4 Å². The van der Waals surface area contributed by atoms with Crippen molar-refractivity contribution in [3.05, 3.63) is 23.7 Å². The van der Waals surface area contributed by atoms with Crippen molar-refractivity contribution in [3.63, 3.8) is 0 Å². The molecular weight excluding hydrogens is 239 g/mol. The topological polar surface area (TPSA) is 30.2 Å². The number of imidazole rings is 1. The van der Waals surface area contributed by atoms with Gasteiger partial charge in [0.1, 0.15) is 5.65 Å². The van der Waals surface area contributed by atoms with E-state index in [0.29, 0.717) is 5.69 Å². The van der Waals surface area contributed by atoms with Crippen LogP contribution in [0.4, 0.5) is 13.2 Å². The number of aromatic nitrogens is 3. The molecule has 0 fully saturated rings. The van der Waals surface area contributed by atoms with Gasteiger partial charge in [0.05, 0.1) is 5.69 Å². The molecule has 7 heteroatoms. The lowest BCUT2D eigenvalue weighted by Crippen LogP contribution is -2.10. The molecule has 0 aliphatic heterocycles. The van der Waals surface area contributed by atoms with Gasteiger partial charge < -0.3 is 0 Å². The Bertz CT molecular complexity index is 533. The summed E-state index contributed by atoms with van der Waals surface area (Å²) in [6.45, 7) is 1.73. The van der Waals surface area contributed by atoms with E-state index in [1.165, 1.54) is 0 Å². The molecule has 0 saturated heterocycles. The van der Waals surface area contributed by atoms with Crippen LogP contribution in [0.5, 0.6) is 0 Å². The summed E-state index contributed by atoms with van der Waals surface area (Å²) in [4.78, 5) is 7.57. The third-order valence-electron chi connectivity index (χ3n) is 2.01. The zero-order chi connectivity index (χ0) is 11.9. The van der Waals surface area contributed by atoms with Crippen LogP contribution < -0.4 is 0 Å². The summed E-state index contributed by atoms with van der Waals surface area (Å²) in [7, 11) is 0. The van der Waals surface area contributed by atoms with E-state index in [-0.39, 0.29) is 10.8 Å². The Morgan fingerprint density at radius 3 is 2.56 bits per heavy atom. The van der Waals surface area contributed by atoms with Crippen LogP contribution in [0.15, 0.2) is 17.4 Å². The molecule has 2 aromatic rings. The summed E-state index contributed by atoms with van der Waals surface area (Å²) in [5.41, 5.74) is 0.0237. The van der Waals surface area contributed by atoms with Crippen molar-refractivity contribution in [3.8, 4) is 0 Å².